The smallest absolute Gasteiger partial charge is 0.120 e. The van der Waals surface area contributed by atoms with E-state index in [9.17, 15) is 0 Å². The zero-order valence-electron chi connectivity index (χ0n) is 12.4. The van der Waals surface area contributed by atoms with Crippen molar-refractivity contribution in [3.05, 3.63) is 29.8 Å². The van der Waals surface area contributed by atoms with E-state index in [1.165, 1.54) is 5.56 Å². The SMILES string of the molecule is CCc1cccc(OC(CC)CNC(C)(C)C)c1. The zero-order valence-corrected chi connectivity index (χ0v) is 12.4. The lowest BCUT2D eigenvalue weighted by molar-refractivity contribution is 0.181. The molecule has 1 aromatic carbocycles. The van der Waals surface area contributed by atoms with E-state index in [0.29, 0.717) is 0 Å². The number of hydrogen-bond donors (Lipinski definition) is 1. The van der Waals surface area contributed by atoms with Crippen molar-refractivity contribution in [3.8, 4) is 5.75 Å². The first kappa shape index (κ1) is 15.0. The summed E-state index contributed by atoms with van der Waals surface area (Å²) >= 11 is 0. The first-order chi connectivity index (χ1) is 8.44. The van der Waals surface area contributed by atoms with Crippen LogP contribution in [-0.2, 0) is 6.42 Å². The molecule has 0 aromatic heterocycles. The van der Waals surface area contributed by atoms with Gasteiger partial charge in [0, 0.05) is 12.1 Å². The minimum absolute atomic E-state index is 0.141. The molecule has 0 aliphatic rings. The molecule has 0 saturated heterocycles. The third kappa shape index (κ3) is 5.54. The third-order valence-electron chi connectivity index (χ3n) is 2.92. The normalized spacial score (nSPS) is 13.4. The van der Waals surface area contributed by atoms with Gasteiger partial charge in [0.1, 0.15) is 11.9 Å². The van der Waals surface area contributed by atoms with E-state index in [4.69, 9.17) is 4.74 Å². The van der Waals surface area contributed by atoms with E-state index < -0.39 is 0 Å². The van der Waals surface area contributed by atoms with Gasteiger partial charge in [-0.25, -0.2) is 0 Å². The maximum atomic E-state index is 6.04. The maximum Gasteiger partial charge on any atom is 0.120 e. The first-order valence-corrected chi connectivity index (χ1v) is 6.95. The molecule has 0 spiro atoms. The second kappa shape index (κ2) is 6.79. The van der Waals surface area contributed by atoms with Crippen LogP contribution in [0.4, 0.5) is 0 Å². The minimum atomic E-state index is 0.141. The predicted molar refractivity (Wildman–Crippen MR) is 78.3 cm³/mol. The van der Waals surface area contributed by atoms with E-state index in [-0.39, 0.29) is 11.6 Å². The van der Waals surface area contributed by atoms with Crippen molar-refractivity contribution in [1.29, 1.82) is 0 Å². The van der Waals surface area contributed by atoms with Gasteiger partial charge in [0.15, 0.2) is 0 Å². The average molecular weight is 249 g/mol. The van der Waals surface area contributed by atoms with Crippen molar-refractivity contribution >= 4 is 0 Å². The summed E-state index contributed by atoms with van der Waals surface area (Å²) < 4.78 is 6.04. The van der Waals surface area contributed by atoms with E-state index in [1.54, 1.807) is 0 Å². The molecule has 1 unspecified atom stereocenters. The van der Waals surface area contributed by atoms with Crippen LogP contribution in [0.5, 0.6) is 5.75 Å². The second-order valence-electron chi connectivity index (χ2n) is 5.78. The number of hydrogen-bond acceptors (Lipinski definition) is 2. The van der Waals surface area contributed by atoms with Gasteiger partial charge in [-0.2, -0.15) is 0 Å². The molecule has 18 heavy (non-hydrogen) atoms. The Morgan fingerprint density at radius 1 is 1.22 bits per heavy atom. The van der Waals surface area contributed by atoms with E-state index >= 15 is 0 Å². The molecule has 1 N–H and O–H groups in total. The van der Waals surface area contributed by atoms with Crippen molar-refractivity contribution in [2.24, 2.45) is 0 Å². The Hall–Kier alpha value is -1.02. The van der Waals surface area contributed by atoms with Gasteiger partial charge < -0.3 is 10.1 Å². The standard InChI is InChI=1S/C16H27NO/c1-6-13-9-8-10-15(11-13)18-14(7-2)12-17-16(3,4)5/h8-11,14,17H,6-7,12H2,1-5H3. The lowest BCUT2D eigenvalue weighted by Crippen LogP contribution is -2.42. The molecule has 0 saturated carbocycles. The molecule has 0 radical (unpaired) electrons. The van der Waals surface area contributed by atoms with Crippen LogP contribution in [-0.4, -0.2) is 18.2 Å². The molecular weight excluding hydrogens is 222 g/mol. The van der Waals surface area contributed by atoms with Crippen LogP contribution in [0.2, 0.25) is 0 Å². The van der Waals surface area contributed by atoms with E-state index in [0.717, 1.165) is 25.1 Å². The number of benzene rings is 1. The van der Waals surface area contributed by atoms with Gasteiger partial charge in [0.2, 0.25) is 0 Å². The summed E-state index contributed by atoms with van der Waals surface area (Å²) in [7, 11) is 0. The Kier molecular flexibility index (Phi) is 5.67. The van der Waals surface area contributed by atoms with Gasteiger partial charge in [-0.1, -0.05) is 26.0 Å². The number of nitrogens with one attached hydrogen (secondary N) is 1. The topological polar surface area (TPSA) is 21.3 Å². The highest BCUT2D eigenvalue weighted by Gasteiger charge is 2.14. The van der Waals surface area contributed by atoms with Gasteiger partial charge in [-0.3, -0.25) is 0 Å². The summed E-state index contributed by atoms with van der Waals surface area (Å²) in [5.41, 5.74) is 1.47. The Labute approximate surface area is 112 Å². The molecule has 0 heterocycles. The highest BCUT2D eigenvalue weighted by atomic mass is 16.5. The molecule has 2 nitrogen and oxygen atoms in total. The van der Waals surface area contributed by atoms with Crippen molar-refractivity contribution in [1.82, 2.24) is 5.32 Å². The van der Waals surface area contributed by atoms with Crippen molar-refractivity contribution in [2.45, 2.75) is 59.1 Å². The highest BCUT2D eigenvalue weighted by Crippen LogP contribution is 2.16. The number of rotatable bonds is 6. The summed E-state index contributed by atoms with van der Waals surface area (Å²) in [4.78, 5) is 0. The van der Waals surface area contributed by atoms with E-state index in [1.807, 2.05) is 6.07 Å². The first-order valence-electron chi connectivity index (χ1n) is 6.95. The second-order valence-corrected chi connectivity index (χ2v) is 5.78. The monoisotopic (exact) mass is 249 g/mol. The zero-order chi connectivity index (χ0) is 13.6. The molecule has 0 aliphatic heterocycles. The largest absolute Gasteiger partial charge is 0.489 e. The van der Waals surface area contributed by atoms with Crippen LogP contribution in [0.15, 0.2) is 24.3 Å². The lowest BCUT2D eigenvalue weighted by Gasteiger charge is -2.25. The van der Waals surface area contributed by atoms with Crippen molar-refractivity contribution < 1.29 is 4.74 Å². The summed E-state index contributed by atoms with van der Waals surface area (Å²) in [6.45, 7) is 11.7. The summed E-state index contributed by atoms with van der Waals surface area (Å²) in [6, 6.07) is 8.39. The van der Waals surface area contributed by atoms with Crippen LogP contribution >= 0.6 is 0 Å². The van der Waals surface area contributed by atoms with Gasteiger partial charge in [-0.05, 0) is 51.3 Å². The lowest BCUT2D eigenvalue weighted by atomic mass is 10.1. The molecule has 1 rings (SSSR count). The maximum absolute atomic E-state index is 6.04. The van der Waals surface area contributed by atoms with Crippen LogP contribution in [0.1, 0.15) is 46.6 Å². The Balaban J connectivity index is 2.56. The quantitative estimate of drug-likeness (QED) is 0.828. The molecular formula is C16H27NO. The fourth-order valence-electron chi connectivity index (χ4n) is 1.72. The van der Waals surface area contributed by atoms with Gasteiger partial charge in [-0.15, -0.1) is 0 Å². The molecule has 102 valence electrons. The Morgan fingerprint density at radius 3 is 2.50 bits per heavy atom. The Bertz CT molecular complexity index is 354. The summed E-state index contributed by atoms with van der Waals surface area (Å²) in [5, 5.41) is 3.50. The molecule has 1 aromatic rings. The third-order valence-corrected chi connectivity index (χ3v) is 2.92. The van der Waals surface area contributed by atoms with Crippen LogP contribution < -0.4 is 10.1 Å². The molecule has 0 bridgehead atoms. The van der Waals surface area contributed by atoms with Crippen LogP contribution in [0.3, 0.4) is 0 Å². The van der Waals surface area contributed by atoms with Gasteiger partial charge >= 0.3 is 0 Å². The number of aryl methyl sites for hydroxylation is 1. The fourth-order valence-corrected chi connectivity index (χ4v) is 1.72. The van der Waals surface area contributed by atoms with Crippen LogP contribution in [0, 0.1) is 0 Å². The van der Waals surface area contributed by atoms with Gasteiger partial charge in [0.25, 0.3) is 0 Å². The molecule has 1 atom stereocenters. The van der Waals surface area contributed by atoms with Crippen molar-refractivity contribution in [3.63, 3.8) is 0 Å². The molecule has 2 heteroatoms. The predicted octanol–water partition coefficient (Wildman–Crippen LogP) is 3.79. The highest BCUT2D eigenvalue weighted by molar-refractivity contribution is 5.28. The summed E-state index contributed by atoms with van der Waals surface area (Å²) in [6.07, 6.45) is 2.30. The van der Waals surface area contributed by atoms with E-state index in [2.05, 4.69) is 58.1 Å². The molecule has 0 amide bonds. The Morgan fingerprint density at radius 2 is 1.94 bits per heavy atom. The molecule has 0 fully saturated rings. The van der Waals surface area contributed by atoms with Crippen molar-refractivity contribution in [2.75, 3.05) is 6.54 Å². The minimum Gasteiger partial charge on any atom is -0.489 e. The number of ether oxygens (including phenoxy) is 1. The fraction of sp³-hybridized carbons (Fsp3) is 0.625. The molecule has 0 aliphatic carbocycles. The van der Waals surface area contributed by atoms with Gasteiger partial charge in [0.05, 0.1) is 0 Å². The average Bonchev–Trinajstić information content (AvgIpc) is 2.33. The van der Waals surface area contributed by atoms with Crippen LogP contribution in [0.25, 0.3) is 0 Å². The summed E-state index contributed by atoms with van der Waals surface area (Å²) in [5.74, 6) is 0.983.